The van der Waals surface area contributed by atoms with Gasteiger partial charge < -0.3 is 4.57 Å². The highest BCUT2D eigenvalue weighted by Crippen LogP contribution is 2.49. The van der Waals surface area contributed by atoms with Gasteiger partial charge in [0.1, 0.15) is 5.01 Å². The van der Waals surface area contributed by atoms with E-state index in [9.17, 15) is 0 Å². The summed E-state index contributed by atoms with van der Waals surface area (Å²) < 4.78 is 5.86. The van der Waals surface area contributed by atoms with Crippen LogP contribution in [-0.2, 0) is 5.41 Å². The summed E-state index contributed by atoms with van der Waals surface area (Å²) in [5, 5.41) is 6.92. The number of hydrogen-bond donors (Lipinski definition) is 0. The molecule has 0 saturated carbocycles. The zero-order valence-electron chi connectivity index (χ0n) is 36.2. The number of benzene rings is 9. The van der Waals surface area contributed by atoms with Crippen LogP contribution in [0.25, 0.3) is 120 Å². The summed E-state index contributed by atoms with van der Waals surface area (Å²) in [6.07, 6.45) is 0. The van der Waals surface area contributed by atoms with Gasteiger partial charge in [0.15, 0.2) is 0 Å². The predicted molar refractivity (Wildman–Crippen MR) is 275 cm³/mol. The Hall–Kier alpha value is -8.19. The van der Waals surface area contributed by atoms with Crippen LogP contribution in [0.4, 0.5) is 0 Å². The molecule has 0 radical (unpaired) electrons. The summed E-state index contributed by atoms with van der Waals surface area (Å²) in [5.74, 6) is 0.670. The van der Waals surface area contributed by atoms with Crippen molar-refractivity contribution in [1.29, 1.82) is 0 Å². The molecule has 310 valence electrons. The molecule has 0 unspecified atom stereocenters. The van der Waals surface area contributed by atoms with E-state index in [1.54, 1.807) is 11.3 Å². The quantitative estimate of drug-likeness (QED) is 0.173. The van der Waals surface area contributed by atoms with E-state index in [4.69, 9.17) is 15.0 Å². The summed E-state index contributed by atoms with van der Waals surface area (Å²) in [6, 6.07) is 72.4. The van der Waals surface area contributed by atoms with Gasteiger partial charge in [0.25, 0.3) is 0 Å². The third-order valence-electron chi connectivity index (χ3n) is 13.9. The van der Waals surface area contributed by atoms with Crippen molar-refractivity contribution in [3.05, 3.63) is 211 Å². The Bertz CT molecular complexity index is 4120. The molecule has 4 heterocycles. The number of fused-ring (bicyclic) bond motifs is 9. The largest absolute Gasteiger partial charge is 0.309 e. The first kappa shape index (κ1) is 37.2. The molecule has 0 N–H and O–H groups in total. The third kappa shape index (κ3) is 5.42. The highest BCUT2D eigenvalue weighted by atomic mass is 32.1. The van der Waals surface area contributed by atoms with Crippen molar-refractivity contribution in [1.82, 2.24) is 24.1 Å². The lowest BCUT2D eigenvalue weighted by Crippen LogP contribution is -2.24. The summed E-state index contributed by atoms with van der Waals surface area (Å²) in [5.41, 5.74) is 17.8. The molecule has 1 aliphatic carbocycles. The lowest BCUT2D eigenvalue weighted by molar-refractivity contribution is 0.644. The van der Waals surface area contributed by atoms with E-state index >= 15 is 0 Å². The number of para-hydroxylation sites is 3. The molecule has 0 fully saturated rings. The minimum Gasteiger partial charge on any atom is -0.309 e. The van der Waals surface area contributed by atoms with Gasteiger partial charge in [0.05, 0.1) is 43.5 Å². The van der Waals surface area contributed by atoms with Gasteiger partial charge in [0.2, 0.25) is 5.95 Å². The molecule has 0 bridgehead atoms. The van der Waals surface area contributed by atoms with Gasteiger partial charge in [-0.3, -0.25) is 4.57 Å². The number of thiazole rings is 1. The first-order valence-electron chi connectivity index (χ1n) is 22.5. The molecule has 0 saturated heterocycles. The summed E-state index contributed by atoms with van der Waals surface area (Å²) in [7, 11) is 0. The van der Waals surface area contributed by atoms with Crippen molar-refractivity contribution >= 4 is 76.1 Å². The average molecular weight is 862 g/mol. The molecular formula is C60H39N5S. The molecule has 0 aliphatic heterocycles. The third-order valence-corrected chi connectivity index (χ3v) is 15.0. The lowest BCUT2D eigenvalue weighted by Gasteiger charge is -2.35. The van der Waals surface area contributed by atoms with Crippen LogP contribution in [0.3, 0.4) is 0 Å². The van der Waals surface area contributed by atoms with Gasteiger partial charge in [-0.25, -0.2) is 15.0 Å². The van der Waals surface area contributed by atoms with Crippen molar-refractivity contribution < 1.29 is 0 Å². The Morgan fingerprint density at radius 2 is 1.05 bits per heavy atom. The topological polar surface area (TPSA) is 48.5 Å². The molecule has 6 heteroatoms. The second kappa shape index (κ2) is 13.9. The second-order valence-corrected chi connectivity index (χ2v) is 19.1. The number of aromatic nitrogens is 5. The fourth-order valence-electron chi connectivity index (χ4n) is 10.8. The maximum absolute atomic E-state index is 5.53. The molecule has 66 heavy (non-hydrogen) atoms. The van der Waals surface area contributed by atoms with Crippen molar-refractivity contribution in [2.45, 2.75) is 19.3 Å². The van der Waals surface area contributed by atoms with E-state index in [1.807, 2.05) is 0 Å². The minimum absolute atomic E-state index is 0.235. The van der Waals surface area contributed by atoms with Crippen LogP contribution in [0.1, 0.15) is 25.0 Å². The van der Waals surface area contributed by atoms with Gasteiger partial charge in [-0.1, -0.05) is 141 Å². The molecule has 9 aromatic carbocycles. The first-order valence-corrected chi connectivity index (χ1v) is 23.3. The van der Waals surface area contributed by atoms with Gasteiger partial charge in [-0.2, -0.15) is 0 Å². The van der Waals surface area contributed by atoms with Crippen molar-refractivity contribution in [2.75, 3.05) is 0 Å². The molecule has 5 nitrogen and oxygen atoms in total. The maximum Gasteiger partial charge on any atom is 0.235 e. The van der Waals surface area contributed by atoms with E-state index in [1.165, 1.54) is 48.8 Å². The number of hydrogen-bond acceptors (Lipinski definition) is 4. The maximum atomic E-state index is 5.53. The van der Waals surface area contributed by atoms with Crippen LogP contribution >= 0.6 is 11.3 Å². The number of rotatable bonds is 5. The minimum atomic E-state index is -0.235. The average Bonchev–Trinajstić information content (AvgIpc) is 4.06. The zero-order chi connectivity index (χ0) is 43.7. The first-order chi connectivity index (χ1) is 32.5. The SMILES string of the molecule is CC1(C)c2ccccc2-c2nc(-n3c4ccccc4c4cc(-c5ccc6c(c5)c5ccccc5n6-c5cccc(-c6nc7ccccc7s6)c5)ccc43)nc3cc(-c4ccccc4)cc1c23. The van der Waals surface area contributed by atoms with Gasteiger partial charge in [-0.15, -0.1) is 11.3 Å². The summed E-state index contributed by atoms with van der Waals surface area (Å²) in [6.45, 7) is 4.66. The highest BCUT2D eigenvalue weighted by Gasteiger charge is 2.35. The van der Waals surface area contributed by atoms with E-state index < -0.39 is 0 Å². The molecule has 14 rings (SSSR count). The second-order valence-electron chi connectivity index (χ2n) is 18.0. The molecule has 0 spiro atoms. The van der Waals surface area contributed by atoms with Crippen molar-refractivity contribution in [3.63, 3.8) is 0 Å². The van der Waals surface area contributed by atoms with Crippen LogP contribution in [0.5, 0.6) is 0 Å². The van der Waals surface area contributed by atoms with Crippen LogP contribution < -0.4 is 0 Å². The van der Waals surface area contributed by atoms with E-state index in [0.717, 1.165) is 76.9 Å². The highest BCUT2D eigenvalue weighted by molar-refractivity contribution is 7.21. The van der Waals surface area contributed by atoms with E-state index in [2.05, 4.69) is 223 Å². The predicted octanol–water partition coefficient (Wildman–Crippen LogP) is 15.7. The molecule has 13 aromatic rings. The molecule has 4 aromatic heterocycles. The summed E-state index contributed by atoms with van der Waals surface area (Å²) in [4.78, 5) is 16.0. The Balaban J connectivity index is 0.932. The van der Waals surface area contributed by atoms with Gasteiger partial charge in [-0.05, 0) is 106 Å². The summed E-state index contributed by atoms with van der Waals surface area (Å²) >= 11 is 1.74. The van der Waals surface area contributed by atoms with E-state index in [0.29, 0.717) is 5.95 Å². The van der Waals surface area contributed by atoms with Crippen LogP contribution in [0, 0.1) is 0 Å². The van der Waals surface area contributed by atoms with Crippen LogP contribution in [-0.4, -0.2) is 24.1 Å². The Kier molecular flexibility index (Phi) is 7.84. The van der Waals surface area contributed by atoms with Gasteiger partial charge in [0, 0.05) is 49.2 Å². The normalized spacial score (nSPS) is 13.1. The standard InChI is InChI=1S/C60H39N5S/c1-60(2)47-22-9-6-21-44(47)57-56-48(60)34-40(36-15-4-3-5-16-36)35-50(56)62-59(63-57)65-52-25-12-8-20-43(52)46-33-38(28-30-54(46)65)37-27-29-53-45(32-37)42-19-7-11-24-51(42)64(53)41-18-14-17-39(31-41)58-61-49-23-10-13-26-55(49)66-58/h3-35H,1-2H3. The van der Waals surface area contributed by atoms with Gasteiger partial charge >= 0.3 is 0 Å². The smallest absolute Gasteiger partial charge is 0.235 e. The van der Waals surface area contributed by atoms with Crippen molar-refractivity contribution in [2.24, 2.45) is 0 Å². The van der Waals surface area contributed by atoms with Crippen molar-refractivity contribution in [3.8, 4) is 55.7 Å². The lowest BCUT2D eigenvalue weighted by atomic mass is 9.69. The van der Waals surface area contributed by atoms with Crippen LogP contribution in [0.2, 0.25) is 0 Å². The molecule has 0 atom stereocenters. The monoisotopic (exact) mass is 861 g/mol. The Morgan fingerprint density at radius 3 is 1.82 bits per heavy atom. The Morgan fingerprint density at radius 1 is 0.409 bits per heavy atom. The fourth-order valence-corrected chi connectivity index (χ4v) is 11.8. The zero-order valence-corrected chi connectivity index (χ0v) is 37.0. The van der Waals surface area contributed by atoms with E-state index in [-0.39, 0.29) is 5.41 Å². The molecule has 1 aliphatic rings. The molecular weight excluding hydrogens is 823 g/mol. The number of nitrogens with zero attached hydrogens (tertiary/aromatic N) is 5. The molecule has 0 amide bonds. The fraction of sp³-hybridized carbons (Fsp3) is 0.0500. The Labute approximate surface area is 384 Å². The van der Waals surface area contributed by atoms with Crippen LogP contribution in [0.15, 0.2) is 200 Å².